The molecule has 7 heteroatoms. The van der Waals surface area contributed by atoms with E-state index in [0.717, 1.165) is 11.0 Å². The summed E-state index contributed by atoms with van der Waals surface area (Å²) in [7, 11) is 0. The SMILES string of the molecule is CCNC(=O)CN1C(=O)c2ccc(C(=O)O)cc2C1=O. The van der Waals surface area contributed by atoms with Crippen LogP contribution in [0.1, 0.15) is 38.0 Å². The Kier molecular flexibility index (Phi) is 3.51. The number of fused-ring (bicyclic) bond motifs is 1. The van der Waals surface area contributed by atoms with Crippen LogP contribution in [0, 0.1) is 0 Å². The fraction of sp³-hybridized carbons (Fsp3) is 0.231. The molecular formula is C13H12N2O5. The smallest absolute Gasteiger partial charge is 0.335 e. The zero-order chi connectivity index (χ0) is 14.9. The quantitative estimate of drug-likeness (QED) is 0.760. The molecule has 0 aliphatic carbocycles. The Morgan fingerprint density at radius 1 is 1.20 bits per heavy atom. The highest BCUT2D eigenvalue weighted by molar-refractivity contribution is 6.22. The molecule has 20 heavy (non-hydrogen) atoms. The van der Waals surface area contributed by atoms with Gasteiger partial charge in [0.1, 0.15) is 6.54 Å². The second-order valence-corrected chi connectivity index (χ2v) is 4.22. The molecular weight excluding hydrogens is 264 g/mol. The summed E-state index contributed by atoms with van der Waals surface area (Å²) < 4.78 is 0. The highest BCUT2D eigenvalue weighted by Gasteiger charge is 2.36. The number of benzene rings is 1. The average molecular weight is 276 g/mol. The van der Waals surface area contributed by atoms with Gasteiger partial charge in [-0.25, -0.2) is 4.79 Å². The third kappa shape index (κ3) is 2.25. The molecule has 1 aromatic rings. The van der Waals surface area contributed by atoms with E-state index in [-0.39, 0.29) is 23.2 Å². The van der Waals surface area contributed by atoms with Crippen molar-refractivity contribution in [2.75, 3.05) is 13.1 Å². The molecule has 0 saturated carbocycles. The van der Waals surface area contributed by atoms with Crippen molar-refractivity contribution in [2.45, 2.75) is 6.92 Å². The number of hydrogen-bond acceptors (Lipinski definition) is 4. The zero-order valence-electron chi connectivity index (χ0n) is 10.7. The van der Waals surface area contributed by atoms with Crippen LogP contribution in [0.4, 0.5) is 0 Å². The van der Waals surface area contributed by atoms with Gasteiger partial charge in [0.25, 0.3) is 11.8 Å². The molecule has 0 bridgehead atoms. The second-order valence-electron chi connectivity index (χ2n) is 4.22. The predicted octanol–water partition coefficient (Wildman–Crippen LogP) is 0.117. The van der Waals surface area contributed by atoms with E-state index >= 15 is 0 Å². The van der Waals surface area contributed by atoms with Gasteiger partial charge in [-0.1, -0.05) is 0 Å². The van der Waals surface area contributed by atoms with Crippen molar-refractivity contribution in [3.05, 3.63) is 34.9 Å². The van der Waals surface area contributed by atoms with E-state index in [2.05, 4.69) is 5.32 Å². The lowest BCUT2D eigenvalue weighted by Gasteiger charge is -2.12. The summed E-state index contributed by atoms with van der Waals surface area (Å²) in [6.45, 7) is 1.74. The predicted molar refractivity (Wildman–Crippen MR) is 67.5 cm³/mol. The van der Waals surface area contributed by atoms with E-state index < -0.39 is 23.7 Å². The van der Waals surface area contributed by atoms with E-state index in [1.54, 1.807) is 6.92 Å². The third-order valence-corrected chi connectivity index (χ3v) is 2.89. The minimum atomic E-state index is -1.18. The van der Waals surface area contributed by atoms with Crippen LogP contribution in [-0.2, 0) is 4.79 Å². The van der Waals surface area contributed by atoms with Gasteiger partial charge in [0.15, 0.2) is 0 Å². The first-order valence-corrected chi connectivity index (χ1v) is 5.96. The Balaban J connectivity index is 2.30. The van der Waals surface area contributed by atoms with Crippen LogP contribution in [0.15, 0.2) is 18.2 Å². The summed E-state index contributed by atoms with van der Waals surface area (Å²) >= 11 is 0. The Bertz CT molecular complexity index is 623. The minimum Gasteiger partial charge on any atom is -0.478 e. The van der Waals surface area contributed by atoms with Crippen LogP contribution >= 0.6 is 0 Å². The summed E-state index contributed by atoms with van der Waals surface area (Å²) in [5.41, 5.74) is 0.0493. The normalized spacial score (nSPS) is 13.3. The first-order valence-electron chi connectivity index (χ1n) is 5.96. The maximum absolute atomic E-state index is 12.1. The highest BCUT2D eigenvalue weighted by Crippen LogP contribution is 2.23. The van der Waals surface area contributed by atoms with Crippen LogP contribution in [0.3, 0.4) is 0 Å². The molecule has 0 unspecified atom stereocenters. The van der Waals surface area contributed by atoms with Gasteiger partial charge < -0.3 is 10.4 Å². The molecule has 0 aromatic heterocycles. The Morgan fingerprint density at radius 2 is 1.85 bits per heavy atom. The first-order chi connectivity index (χ1) is 9.45. The number of carboxylic acid groups (broad SMARTS) is 1. The molecule has 0 saturated heterocycles. The van der Waals surface area contributed by atoms with E-state index in [9.17, 15) is 19.2 Å². The standard InChI is InChI=1S/C13H12N2O5/c1-2-14-10(16)6-15-11(17)8-4-3-7(13(19)20)5-9(8)12(15)18/h3-5H,2,6H2,1H3,(H,14,16)(H,19,20). The average Bonchev–Trinajstić information content (AvgIpc) is 2.64. The van der Waals surface area contributed by atoms with Gasteiger partial charge in [0.05, 0.1) is 16.7 Å². The molecule has 1 aromatic carbocycles. The molecule has 1 aliphatic heterocycles. The number of hydrogen-bond donors (Lipinski definition) is 2. The molecule has 0 fully saturated rings. The largest absolute Gasteiger partial charge is 0.478 e. The summed E-state index contributed by atoms with van der Waals surface area (Å²) in [4.78, 5) is 47.2. The molecule has 1 heterocycles. The van der Waals surface area contributed by atoms with Crippen molar-refractivity contribution in [1.82, 2.24) is 10.2 Å². The fourth-order valence-electron chi connectivity index (χ4n) is 1.96. The van der Waals surface area contributed by atoms with Crippen molar-refractivity contribution < 1.29 is 24.3 Å². The molecule has 104 valence electrons. The second kappa shape index (κ2) is 5.12. The van der Waals surface area contributed by atoms with E-state index in [4.69, 9.17) is 5.11 Å². The number of aromatic carboxylic acids is 1. The first kappa shape index (κ1) is 13.7. The number of nitrogens with zero attached hydrogens (tertiary/aromatic N) is 1. The molecule has 2 rings (SSSR count). The lowest BCUT2D eigenvalue weighted by molar-refractivity contribution is -0.121. The number of carbonyl (C=O) groups is 4. The molecule has 2 N–H and O–H groups in total. The topological polar surface area (TPSA) is 104 Å². The van der Waals surface area contributed by atoms with Gasteiger partial charge >= 0.3 is 5.97 Å². The number of imide groups is 1. The minimum absolute atomic E-state index is 0.0131. The van der Waals surface area contributed by atoms with Crippen LogP contribution < -0.4 is 5.32 Å². The number of rotatable bonds is 4. The highest BCUT2D eigenvalue weighted by atomic mass is 16.4. The summed E-state index contributed by atoms with van der Waals surface area (Å²) in [5.74, 6) is -2.87. The Hall–Kier alpha value is -2.70. The van der Waals surface area contributed by atoms with Gasteiger partial charge in [0.2, 0.25) is 5.91 Å². The van der Waals surface area contributed by atoms with Gasteiger partial charge in [-0.05, 0) is 25.1 Å². The number of likely N-dealkylation sites (N-methyl/N-ethyl adjacent to an activating group) is 1. The van der Waals surface area contributed by atoms with Gasteiger partial charge in [-0.3, -0.25) is 19.3 Å². The molecule has 0 radical (unpaired) electrons. The summed E-state index contributed by atoms with van der Waals surface area (Å²) in [6, 6.07) is 3.69. The maximum Gasteiger partial charge on any atom is 0.335 e. The van der Waals surface area contributed by atoms with Crippen molar-refractivity contribution >= 4 is 23.7 Å². The third-order valence-electron chi connectivity index (χ3n) is 2.89. The van der Waals surface area contributed by atoms with Crippen molar-refractivity contribution in [2.24, 2.45) is 0 Å². The number of nitrogens with one attached hydrogen (secondary N) is 1. The Labute approximate surface area is 114 Å². The van der Waals surface area contributed by atoms with Crippen LogP contribution in [-0.4, -0.2) is 46.8 Å². The number of amides is 3. The van der Waals surface area contributed by atoms with Gasteiger partial charge in [-0.15, -0.1) is 0 Å². The van der Waals surface area contributed by atoms with Crippen LogP contribution in [0.5, 0.6) is 0 Å². The number of carbonyl (C=O) groups excluding carboxylic acids is 3. The summed E-state index contributed by atoms with van der Waals surface area (Å²) in [6.07, 6.45) is 0. The Morgan fingerprint density at radius 3 is 2.45 bits per heavy atom. The monoisotopic (exact) mass is 276 g/mol. The van der Waals surface area contributed by atoms with Crippen molar-refractivity contribution in [3.8, 4) is 0 Å². The van der Waals surface area contributed by atoms with Crippen LogP contribution in [0.2, 0.25) is 0 Å². The zero-order valence-corrected chi connectivity index (χ0v) is 10.7. The molecule has 7 nitrogen and oxygen atoms in total. The van der Waals surface area contributed by atoms with Crippen molar-refractivity contribution in [1.29, 1.82) is 0 Å². The molecule has 0 spiro atoms. The lowest BCUT2D eigenvalue weighted by atomic mass is 10.1. The van der Waals surface area contributed by atoms with E-state index in [0.29, 0.717) is 6.54 Å². The molecule has 3 amide bonds. The fourth-order valence-corrected chi connectivity index (χ4v) is 1.96. The number of carboxylic acids is 1. The molecule has 0 atom stereocenters. The van der Waals surface area contributed by atoms with E-state index in [1.165, 1.54) is 12.1 Å². The lowest BCUT2D eigenvalue weighted by Crippen LogP contribution is -2.40. The van der Waals surface area contributed by atoms with Crippen molar-refractivity contribution in [3.63, 3.8) is 0 Å². The van der Waals surface area contributed by atoms with Crippen LogP contribution in [0.25, 0.3) is 0 Å². The summed E-state index contributed by atoms with van der Waals surface area (Å²) in [5, 5.41) is 11.4. The van der Waals surface area contributed by atoms with Gasteiger partial charge in [-0.2, -0.15) is 0 Å². The molecule has 1 aliphatic rings. The van der Waals surface area contributed by atoms with E-state index in [1.807, 2.05) is 0 Å². The van der Waals surface area contributed by atoms with Gasteiger partial charge in [0, 0.05) is 6.54 Å². The maximum atomic E-state index is 12.1.